The van der Waals surface area contributed by atoms with E-state index in [9.17, 15) is 4.79 Å². The second-order valence-corrected chi connectivity index (χ2v) is 4.93. The molecular formula is C13H22N2O3. The summed E-state index contributed by atoms with van der Waals surface area (Å²) in [5, 5.41) is 8.82. The van der Waals surface area contributed by atoms with Crippen LogP contribution in [0.2, 0.25) is 0 Å². The van der Waals surface area contributed by atoms with Crippen molar-refractivity contribution in [2.75, 3.05) is 40.5 Å². The highest BCUT2D eigenvalue weighted by atomic mass is 16.5. The smallest absolute Gasteiger partial charge is 0.306 e. The molecule has 0 bridgehead atoms. The second-order valence-electron chi connectivity index (χ2n) is 4.93. The first kappa shape index (κ1) is 14.9. The van der Waals surface area contributed by atoms with Crippen molar-refractivity contribution in [2.45, 2.75) is 25.7 Å². The van der Waals surface area contributed by atoms with E-state index in [1.165, 1.54) is 7.11 Å². The van der Waals surface area contributed by atoms with Crippen molar-refractivity contribution in [1.82, 2.24) is 4.90 Å². The van der Waals surface area contributed by atoms with Crippen LogP contribution in [-0.2, 0) is 14.3 Å². The molecule has 1 aliphatic carbocycles. The van der Waals surface area contributed by atoms with Crippen LogP contribution in [0.3, 0.4) is 0 Å². The summed E-state index contributed by atoms with van der Waals surface area (Å²) in [5.74, 6) is -0.192. The number of nitriles is 1. The number of hydrogen-bond donors (Lipinski definition) is 0. The number of esters is 1. The first-order valence-corrected chi connectivity index (χ1v) is 6.31. The molecule has 0 aromatic carbocycles. The van der Waals surface area contributed by atoms with Crippen molar-refractivity contribution in [1.29, 1.82) is 5.26 Å². The van der Waals surface area contributed by atoms with E-state index in [1.54, 1.807) is 7.11 Å². The van der Waals surface area contributed by atoms with E-state index in [0.717, 1.165) is 25.9 Å². The maximum atomic E-state index is 11.2. The van der Waals surface area contributed by atoms with E-state index < -0.39 is 0 Å². The van der Waals surface area contributed by atoms with Gasteiger partial charge in [-0.3, -0.25) is 9.69 Å². The lowest BCUT2D eigenvalue weighted by Crippen LogP contribution is -2.35. The van der Waals surface area contributed by atoms with E-state index in [4.69, 9.17) is 10.00 Å². The number of methoxy groups -OCH3 is 2. The molecule has 0 aromatic rings. The normalized spacial score (nSPS) is 16.3. The Morgan fingerprint density at radius 3 is 2.61 bits per heavy atom. The molecule has 5 heteroatoms. The van der Waals surface area contributed by atoms with Crippen molar-refractivity contribution in [3.8, 4) is 6.07 Å². The number of carbonyl (C=O) groups excluding carboxylic acids is 1. The molecule has 0 spiro atoms. The summed E-state index contributed by atoms with van der Waals surface area (Å²) in [5.41, 5.74) is 0.165. The minimum Gasteiger partial charge on any atom is -0.469 e. The van der Waals surface area contributed by atoms with Crippen molar-refractivity contribution >= 4 is 5.97 Å². The van der Waals surface area contributed by atoms with Gasteiger partial charge in [-0.25, -0.2) is 0 Å². The minimum atomic E-state index is -0.192. The Morgan fingerprint density at radius 2 is 2.11 bits per heavy atom. The molecule has 0 amide bonds. The predicted octanol–water partition coefficient (Wildman–Crippen LogP) is 1.19. The van der Waals surface area contributed by atoms with Crippen molar-refractivity contribution < 1.29 is 14.3 Å². The average molecular weight is 254 g/mol. The number of nitrogens with zero attached hydrogens (tertiary/aromatic N) is 2. The van der Waals surface area contributed by atoms with Crippen molar-refractivity contribution in [3.63, 3.8) is 0 Å². The van der Waals surface area contributed by atoms with Gasteiger partial charge in [0.2, 0.25) is 0 Å². The van der Waals surface area contributed by atoms with Crippen LogP contribution < -0.4 is 0 Å². The van der Waals surface area contributed by atoms with Gasteiger partial charge in [0.25, 0.3) is 0 Å². The maximum absolute atomic E-state index is 11.2. The molecule has 0 atom stereocenters. The summed E-state index contributed by atoms with van der Waals surface area (Å²) >= 11 is 0. The Kier molecular flexibility index (Phi) is 6.10. The van der Waals surface area contributed by atoms with Crippen LogP contribution >= 0.6 is 0 Å². The van der Waals surface area contributed by atoms with E-state index in [2.05, 4.69) is 15.7 Å². The molecule has 0 unspecified atom stereocenters. The predicted molar refractivity (Wildman–Crippen MR) is 66.8 cm³/mol. The number of carbonyl (C=O) groups is 1. The fourth-order valence-electron chi connectivity index (χ4n) is 2.05. The zero-order valence-corrected chi connectivity index (χ0v) is 11.3. The first-order valence-electron chi connectivity index (χ1n) is 6.31. The highest BCUT2D eigenvalue weighted by Crippen LogP contribution is 2.49. The molecule has 0 heterocycles. The summed E-state index contributed by atoms with van der Waals surface area (Å²) in [7, 11) is 3.07. The van der Waals surface area contributed by atoms with Gasteiger partial charge in [-0.1, -0.05) is 0 Å². The molecule has 0 saturated heterocycles. The third-order valence-corrected chi connectivity index (χ3v) is 3.44. The van der Waals surface area contributed by atoms with Crippen LogP contribution in [0.25, 0.3) is 0 Å². The third-order valence-electron chi connectivity index (χ3n) is 3.44. The lowest BCUT2D eigenvalue weighted by Gasteiger charge is -2.25. The first-order chi connectivity index (χ1) is 8.65. The Morgan fingerprint density at radius 1 is 1.39 bits per heavy atom. The maximum Gasteiger partial charge on any atom is 0.306 e. The topological polar surface area (TPSA) is 62.6 Å². The molecule has 0 radical (unpaired) electrons. The number of rotatable bonds is 9. The van der Waals surface area contributed by atoms with Crippen molar-refractivity contribution in [3.05, 3.63) is 0 Å². The van der Waals surface area contributed by atoms with Gasteiger partial charge >= 0.3 is 5.97 Å². The van der Waals surface area contributed by atoms with E-state index in [0.29, 0.717) is 26.0 Å². The Hall–Kier alpha value is -1.12. The van der Waals surface area contributed by atoms with Crippen LogP contribution in [0.4, 0.5) is 0 Å². The van der Waals surface area contributed by atoms with E-state index >= 15 is 0 Å². The molecule has 0 N–H and O–H groups in total. The molecule has 1 aliphatic rings. The van der Waals surface area contributed by atoms with Gasteiger partial charge in [-0.05, 0) is 18.3 Å². The standard InChI is InChI=1S/C13H22N2O3/c1-17-10-9-15(8-3-12(16)18-2)11-13(4-5-13)6-7-14/h3-6,8-11H2,1-2H3. The number of ether oxygens (including phenoxy) is 2. The van der Waals surface area contributed by atoms with E-state index in [-0.39, 0.29) is 11.4 Å². The van der Waals surface area contributed by atoms with Crippen LogP contribution in [0.15, 0.2) is 0 Å². The lowest BCUT2D eigenvalue weighted by atomic mass is 10.0. The molecular weight excluding hydrogens is 232 g/mol. The molecule has 0 aromatic heterocycles. The second kappa shape index (κ2) is 7.34. The molecule has 18 heavy (non-hydrogen) atoms. The summed E-state index contributed by atoms with van der Waals surface area (Å²) in [6.07, 6.45) is 3.22. The highest BCUT2D eigenvalue weighted by Gasteiger charge is 2.43. The Balaban J connectivity index is 2.40. The van der Waals surface area contributed by atoms with Gasteiger partial charge < -0.3 is 9.47 Å². The fraction of sp³-hybridized carbons (Fsp3) is 0.846. The van der Waals surface area contributed by atoms with Crippen LogP contribution in [-0.4, -0.2) is 51.3 Å². The van der Waals surface area contributed by atoms with Gasteiger partial charge in [0.05, 0.1) is 26.2 Å². The molecule has 1 fully saturated rings. The van der Waals surface area contributed by atoms with Gasteiger partial charge in [0, 0.05) is 33.2 Å². The van der Waals surface area contributed by atoms with Gasteiger partial charge in [0.15, 0.2) is 0 Å². The monoisotopic (exact) mass is 254 g/mol. The van der Waals surface area contributed by atoms with Gasteiger partial charge in [0.1, 0.15) is 0 Å². The van der Waals surface area contributed by atoms with E-state index in [1.807, 2.05) is 0 Å². The van der Waals surface area contributed by atoms with Gasteiger partial charge in [-0.15, -0.1) is 0 Å². The van der Waals surface area contributed by atoms with Crippen molar-refractivity contribution in [2.24, 2.45) is 5.41 Å². The summed E-state index contributed by atoms with van der Waals surface area (Å²) in [6.45, 7) is 2.98. The van der Waals surface area contributed by atoms with Crippen LogP contribution in [0, 0.1) is 16.7 Å². The van der Waals surface area contributed by atoms with Crippen LogP contribution in [0.1, 0.15) is 25.7 Å². The molecule has 0 aliphatic heterocycles. The van der Waals surface area contributed by atoms with Crippen LogP contribution in [0.5, 0.6) is 0 Å². The summed E-state index contributed by atoms with van der Waals surface area (Å²) in [4.78, 5) is 13.4. The Bertz CT molecular complexity index is 308. The molecule has 1 saturated carbocycles. The average Bonchev–Trinajstić information content (AvgIpc) is 3.12. The quantitative estimate of drug-likeness (QED) is 0.578. The lowest BCUT2D eigenvalue weighted by molar-refractivity contribution is -0.141. The molecule has 1 rings (SSSR count). The SMILES string of the molecule is COCCN(CCC(=O)OC)CC1(CC#N)CC1. The van der Waals surface area contributed by atoms with Gasteiger partial charge in [-0.2, -0.15) is 5.26 Å². The highest BCUT2D eigenvalue weighted by molar-refractivity contribution is 5.69. The fourth-order valence-corrected chi connectivity index (χ4v) is 2.05. The molecule has 5 nitrogen and oxygen atoms in total. The summed E-state index contributed by atoms with van der Waals surface area (Å²) < 4.78 is 9.73. The zero-order chi connectivity index (χ0) is 13.4. The molecule has 102 valence electrons. The zero-order valence-electron chi connectivity index (χ0n) is 11.3. The Labute approximate surface area is 109 Å². The number of hydrogen-bond acceptors (Lipinski definition) is 5. The largest absolute Gasteiger partial charge is 0.469 e. The minimum absolute atomic E-state index is 0.165. The third kappa shape index (κ3) is 5.03. The summed E-state index contributed by atoms with van der Waals surface area (Å²) in [6, 6.07) is 2.26.